The summed E-state index contributed by atoms with van der Waals surface area (Å²) in [6, 6.07) is 14.8. The molecule has 46 heavy (non-hydrogen) atoms. The first-order valence-electron chi connectivity index (χ1n) is 14.5. The monoisotopic (exact) mass is 675 g/mol. The van der Waals surface area contributed by atoms with Gasteiger partial charge >= 0.3 is 0 Å². The van der Waals surface area contributed by atoms with E-state index in [1.807, 2.05) is 20.8 Å². The highest BCUT2D eigenvalue weighted by Crippen LogP contribution is 2.37. The normalized spacial score (nSPS) is 12.1. The van der Waals surface area contributed by atoms with Crippen molar-refractivity contribution in [3.8, 4) is 23.0 Å². The van der Waals surface area contributed by atoms with Crippen molar-refractivity contribution in [3.05, 3.63) is 71.2 Å². The van der Waals surface area contributed by atoms with E-state index in [1.165, 1.54) is 63.7 Å². The van der Waals surface area contributed by atoms with Gasteiger partial charge in [-0.15, -0.1) is 0 Å². The molecule has 0 aliphatic rings. The van der Waals surface area contributed by atoms with Crippen molar-refractivity contribution >= 4 is 39.1 Å². The minimum absolute atomic E-state index is 0.00301. The molecule has 13 heteroatoms. The molecule has 0 aliphatic heterocycles. The Kier molecular flexibility index (Phi) is 12.2. The van der Waals surface area contributed by atoms with Crippen LogP contribution in [0.15, 0.2) is 65.6 Å². The molecule has 0 bridgehead atoms. The average Bonchev–Trinajstić information content (AvgIpc) is 3.02. The van der Waals surface area contributed by atoms with Crippen LogP contribution in [-0.2, 0) is 26.2 Å². The molecule has 2 amide bonds. The Hall–Kier alpha value is -4.16. The van der Waals surface area contributed by atoms with Crippen LogP contribution in [0, 0.1) is 0 Å². The molecule has 0 heterocycles. The molecule has 3 aromatic rings. The van der Waals surface area contributed by atoms with Crippen LogP contribution in [0.2, 0.25) is 5.02 Å². The Morgan fingerprint density at radius 1 is 0.870 bits per heavy atom. The third-order valence-corrected chi connectivity index (χ3v) is 8.99. The summed E-state index contributed by atoms with van der Waals surface area (Å²) in [7, 11) is 1.27. The van der Waals surface area contributed by atoms with Crippen molar-refractivity contribution < 1.29 is 37.0 Å². The summed E-state index contributed by atoms with van der Waals surface area (Å²) in [4.78, 5) is 29.2. The van der Waals surface area contributed by atoms with Gasteiger partial charge in [0.05, 0.1) is 39.0 Å². The number of nitrogens with zero attached hydrogens (tertiary/aromatic N) is 2. The lowest BCUT2D eigenvalue weighted by molar-refractivity contribution is -0.141. The Morgan fingerprint density at radius 3 is 2.11 bits per heavy atom. The maximum Gasteiger partial charge on any atom is 0.265 e. The predicted octanol–water partition coefficient (Wildman–Crippen LogP) is 5.29. The fourth-order valence-electron chi connectivity index (χ4n) is 4.82. The quantitative estimate of drug-likeness (QED) is 0.245. The topological polar surface area (TPSA) is 124 Å². The largest absolute Gasteiger partial charge is 0.497 e. The molecule has 0 aliphatic carbocycles. The van der Waals surface area contributed by atoms with E-state index >= 15 is 0 Å². The summed E-state index contributed by atoms with van der Waals surface area (Å²) in [5.41, 5.74) is 0.141. The molecule has 1 N–H and O–H groups in total. The third-order valence-electron chi connectivity index (χ3n) is 7.00. The fraction of sp³-hybridized carbons (Fsp3) is 0.394. The number of hydrogen-bond acceptors (Lipinski definition) is 8. The number of carbonyl (C=O) groups excluding carboxylic acids is 2. The van der Waals surface area contributed by atoms with Crippen molar-refractivity contribution in [3.63, 3.8) is 0 Å². The number of carbonyl (C=O) groups is 2. The molecule has 11 nitrogen and oxygen atoms in total. The average molecular weight is 676 g/mol. The summed E-state index contributed by atoms with van der Waals surface area (Å²) in [6.07, 6.45) is 0.264. The van der Waals surface area contributed by atoms with Crippen LogP contribution in [0.5, 0.6) is 23.0 Å². The first-order valence-corrected chi connectivity index (χ1v) is 16.3. The first kappa shape index (κ1) is 36.3. The van der Waals surface area contributed by atoms with E-state index < -0.39 is 34.1 Å². The minimum atomic E-state index is -4.46. The highest BCUT2D eigenvalue weighted by atomic mass is 35.5. The number of amides is 2. The SMILES string of the molecule is CCC(C(=O)NC(C)(C)C)N(Cc1cccc(OC)c1)C(=O)CN(c1cc(Cl)ccc1OC)S(=O)(=O)c1ccc(OC)c(OC)c1. The molecule has 3 rings (SSSR count). The molecule has 0 spiro atoms. The molecule has 1 atom stereocenters. The smallest absolute Gasteiger partial charge is 0.265 e. The van der Waals surface area contributed by atoms with Crippen LogP contribution in [0.25, 0.3) is 0 Å². The number of nitrogens with one attached hydrogen (secondary N) is 1. The Morgan fingerprint density at radius 2 is 1.52 bits per heavy atom. The van der Waals surface area contributed by atoms with Crippen LogP contribution in [-0.4, -0.2) is 71.7 Å². The predicted molar refractivity (Wildman–Crippen MR) is 178 cm³/mol. The van der Waals surface area contributed by atoms with E-state index in [9.17, 15) is 18.0 Å². The van der Waals surface area contributed by atoms with E-state index in [0.717, 1.165) is 4.31 Å². The maximum atomic E-state index is 14.4. The Bertz CT molecular complexity index is 1640. The Balaban J connectivity index is 2.20. The van der Waals surface area contributed by atoms with Gasteiger partial charge in [-0.3, -0.25) is 13.9 Å². The number of ether oxygens (including phenoxy) is 4. The lowest BCUT2D eigenvalue weighted by Crippen LogP contribution is -2.55. The summed E-state index contributed by atoms with van der Waals surface area (Å²) in [5.74, 6) is 0.226. The lowest BCUT2D eigenvalue weighted by atomic mass is 10.1. The number of benzene rings is 3. The second-order valence-corrected chi connectivity index (χ2v) is 13.7. The van der Waals surface area contributed by atoms with Gasteiger partial charge in [0.25, 0.3) is 10.0 Å². The summed E-state index contributed by atoms with van der Waals surface area (Å²) in [5, 5.41) is 3.17. The number of rotatable bonds is 14. The molecule has 0 radical (unpaired) electrons. The van der Waals surface area contributed by atoms with Gasteiger partial charge in [-0.2, -0.15) is 0 Å². The minimum Gasteiger partial charge on any atom is -0.497 e. The number of hydrogen-bond donors (Lipinski definition) is 1. The number of halogens is 1. The molecule has 3 aromatic carbocycles. The maximum absolute atomic E-state index is 14.4. The zero-order chi connectivity index (χ0) is 34.2. The summed E-state index contributed by atoms with van der Waals surface area (Å²) in [6.45, 7) is 6.63. The van der Waals surface area contributed by atoms with Crippen molar-refractivity contribution in [2.24, 2.45) is 0 Å². The van der Waals surface area contributed by atoms with Crippen LogP contribution >= 0.6 is 11.6 Å². The number of anilines is 1. The molecular weight excluding hydrogens is 634 g/mol. The van der Waals surface area contributed by atoms with E-state index in [2.05, 4.69) is 5.32 Å². The standard InChI is InChI=1S/C33H42ClN3O8S/c1-9-26(32(39)35-33(2,3)4)36(20-22-11-10-12-24(17-22)42-5)31(38)21-37(27-18-23(34)13-15-28(27)43-6)46(40,41)25-14-16-29(44-7)30(19-25)45-8/h10-19,26H,9,20-21H2,1-8H3,(H,35,39). The van der Waals surface area contributed by atoms with E-state index in [-0.39, 0.29) is 46.0 Å². The van der Waals surface area contributed by atoms with E-state index in [1.54, 1.807) is 37.3 Å². The molecular formula is C33H42ClN3O8S. The van der Waals surface area contributed by atoms with Gasteiger partial charge in [-0.1, -0.05) is 30.7 Å². The van der Waals surface area contributed by atoms with Crippen LogP contribution in [0.4, 0.5) is 5.69 Å². The summed E-state index contributed by atoms with van der Waals surface area (Å²) >= 11 is 6.34. The molecule has 0 fully saturated rings. The highest BCUT2D eigenvalue weighted by Gasteiger charge is 2.36. The van der Waals surface area contributed by atoms with Crippen molar-refractivity contribution in [1.82, 2.24) is 10.2 Å². The van der Waals surface area contributed by atoms with Crippen molar-refractivity contribution in [2.45, 2.75) is 57.1 Å². The molecule has 0 aromatic heterocycles. The molecule has 0 saturated heterocycles. The second kappa shape index (κ2) is 15.4. The van der Waals surface area contributed by atoms with Gasteiger partial charge in [-0.25, -0.2) is 8.42 Å². The van der Waals surface area contributed by atoms with Gasteiger partial charge in [0.2, 0.25) is 11.8 Å². The second-order valence-electron chi connectivity index (χ2n) is 11.4. The summed E-state index contributed by atoms with van der Waals surface area (Å²) < 4.78 is 51.3. The van der Waals surface area contributed by atoms with Crippen LogP contribution in [0.3, 0.4) is 0 Å². The van der Waals surface area contributed by atoms with Crippen molar-refractivity contribution in [1.29, 1.82) is 0 Å². The van der Waals surface area contributed by atoms with Crippen molar-refractivity contribution in [2.75, 3.05) is 39.3 Å². The Labute approximate surface area is 276 Å². The highest BCUT2D eigenvalue weighted by molar-refractivity contribution is 7.92. The zero-order valence-corrected chi connectivity index (χ0v) is 29.0. The fourth-order valence-corrected chi connectivity index (χ4v) is 6.41. The molecule has 1 unspecified atom stereocenters. The van der Waals surface area contributed by atoms with Gasteiger partial charge < -0.3 is 29.2 Å². The number of sulfonamides is 1. The first-order chi connectivity index (χ1) is 21.7. The van der Waals surface area contributed by atoms with Gasteiger partial charge in [0.15, 0.2) is 11.5 Å². The van der Waals surface area contributed by atoms with Gasteiger partial charge in [0.1, 0.15) is 24.1 Å². The molecule has 0 saturated carbocycles. The van der Waals surface area contributed by atoms with Gasteiger partial charge in [-0.05, 0) is 75.2 Å². The third kappa shape index (κ3) is 8.76. The molecule has 250 valence electrons. The van der Waals surface area contributed by atoms with E-state index in [0.29, 0.717) is 17.1 Å². The van der Waals surface area contributed by atoms with E-state index in [4.69, 9.17) is 30.5 Å². The van der Waals surface area contributed by atoms with Gasteiger partial charge in [0, 0.05) is 23.2 Å². The lowest BCUT2D eigenvalue weighted by Gasteiger charge is -2.35. The number of methoxy groups -OCH3 is 4. The zero-order valence-electron chi connectivity index (χ0n) is 27.4. The van der Waals surface area contributed by atoms with Crippen LogP contribution in [0.1, 0.15) is 39.7 Å². The van der Waals surface area contributed by atoms with Crippen LogP contribution < -0.4 is 28.6 Å².